The maximum atomic E-state index is 12.8. The summed E-state index contributed by atoms with van der Waals surface area (Å²) in [6, 6.07) is 18.3. The van der Waals surface area contributed by atoms with Gasteiger partial charge in [0, 0.05) is 5.69 Å². The van der Waals surface area contributed by atoms with E-state index in [2.05, 4.69) is 0 Å². The van der Waals surface area contributed by atoms with Gasteiger partial charge in [-0.2, -0.15) is 5.26 Å². The number of nitrogens with zero attached hydrogens (tertiary/aromatic N) is 2. The highest BCUT2D eigenvalue weighted by Gasteiger charge is 2.44. The fourth-order valence-corrected chi connectivity index (χ4v) is 2.94. The van der Waals surface area contributed by atoms with E-state index < -0.39 is 17.8 Å². The molecule has 2 unspecified atom stereocenters. The number of carbonyl (C=O) groups is 2. The Balaban J connectivity index is 2.02. The third-order valence-corrected chi connectivity index (χ3v) is 4.02. The lowest BCUT2D eigenvalue weighted by Gasteiger charge is -2.18. The minimum Gasteiger partial charge on any atom is -0.480 e. The minimum absolute atomic E-state index is 0.344. The van der Waals surface area contributed by atoms with Crippen LogP contribution in [0.5, 0.6) is 0 Å². The van der Waals surface area contributed by atoms with Crippen molar-refractivity contribution in [1.29, 1.82) is 5.26 Å². The summed E-state index contributed by atoms with van der Waals surface area (Å²) in [7, 11) is 0. The van der Waals surface area contributed by atoms with Crippen LogP contribution in [0.1, 0.15) is 17.0 Å². The number of aliphatic carboxylic acids is 1. The number of carboxylic acids is 1. The molecule has 2 atom stereocenters. The van der Waals surface area contributed by atoms with Crippen LogP contribution in [-0.4, -0.2) is 17.0 Å². The van der Waals surface area contributed by atoms with E-state index in [4.69, 9.17) is 0 Å². The molecular formula is C18H14N2O3. The van der Waals surface area contributed by atoms with Crippen molar-refractivity contribution < 1.29 is 14.7 Å². The maximum Gasteiger partial charge on any atom is 0.322 e. The number of hydrogen-bond acceptors (Lipinski definition) is 3. The van der Waals surface area contributed by atoms with Gasteiger partial charge in [-0.05, 0) is 17.2 Å². The lowest BCUT2D eigenvalue weighted by molar-refractivity contribution is -0.142. The van der Waals surface area contributed by atoms with Crippen LogP contribution in [0.25, 0.3) is 0 Å². The van der Waals surface area contributed by atoms with Crippen LogP contribution in [0.3, 0.4) is 0 Å². The largest absolute Gasteiger partial charge is 0.480 e. The van der Waals surface area contributed by atoms with Crippen LogP contribution in [0.4, 0.5) is 5.69 Å². The van der Waals surface area contributed by atoms with Crippen molar-refractivity contribution >= 4 is 17.6 Å². The molecule has 1 N–H and O–H groups in total. The van der Waals surface area contributed by atoms with Gasteiger partial charge in [0.25, 0.3) is 0 Å². The molecule has 0 saturated carbocycles. The van der Waals surface area contributed by atoms with E-state index >= 15 is 0 Å². The van der Waals surface area contributed by atoms with Gasteiger partial charge in [0.15, 0.2) is 5.92 Å². The van der Waals surface area contributed by atoms with E-state index in [1.807, 2.05) is 30.3 Å². The number of hydrogen-bond donors (Lipinski definition) is 1. The topological polar surface area (TPSA) is 81.4 Å². The quantitative estimate of drug-likeness (QED) is 0.941. The summed E-state index contributed by atoms with van der Waals surface area (Å²) < 4.78 is 0. The van der Waals surface area contributed by atoms with Gasteiger partial charge < -0.3 is 10.0 Å². The number of carboxylic acid groups (broad SMARTS) is 1. The Kier molecular flexibility index (Phi) is 3.82. The standard InChI is InChI=1S/C18H14N2O3/c19-10-14(18(22)23)16-13-8-4-5-9-15(13)20(17(16)21)11-12-6-2-1-3-7-12/h1-9,14,16H,11H2,(H,22,23). The zero-order chi connectivity index (χ0) is 16.4. The Morgan fingerprint density at radius 3 is 2.48 bits per heavy atom. The van der Waals surface area contributed by atoms with Gasteiger partial charge in [-0.1, -0.05) is 48.5 Å². The highest BCUT2D eigenvalue weighted by molar-refractivity contribution is 6.07. The molecule has 1 aliphatic rings. The van der Waals surface area contributed by atoms with Gasteiger partial charge >= 0.3 is 5.97 Å². The number of rotatable bonds is 4. The number of fused-ring (bicyclic) bond motifs is 1. The Labute approximate surface area is 133 Å². The van der Waals surface area contributed by atoms with E-state index in [1.54, 1.807) is 35.2 Å². The number of amides is 1. The predicted octanol–water partition coefficient (Wildman–Crippen LogP) is 2.54. The lowest BCUT2D eigenvalue weighted by atomic mass is 9.88. The average molecular weight is 306 g/mol. The molecule has 2 aromatic rings. The first-order chi connectivity index (χ1) is 11.1. The van der Waals surface area contributed by atoms with Crippen LogP contribution in [0, 0.1) is 17.2 Å². The van der Waals surface area contributed by atoms with Gasteiger partial charge in [-0.3, -0.25) is 9.59 Å². The molecule has 0 radical (unpaired) electrons. The highest BCUT2D eigenvalue weighted by Crippen LogP contribution is 2.42. The molecule has 2 aromatic carbocycles. The van der Waals surface area contributed by atoms with Gasteiger partial charge in [0.2, 0.25) is 5.91 Å². The molecule has 0 aliphatic carbocycles. The summed E-state index contributed by atoms with van der Waals surface area (Å²) in [5, 5.41) is 18.4. The molecule has 114 valence electrons. The van der Waals surface area contributed by atoms with Crippen LogP contribution >= 0.6 is 0 Å². The summed E-state index contributed by atoms with van der Waals surface area (Å²) in [6.45, 7) is 0.352. The molecule has 0 bridgehead atoms. The first-order valence-corrected chi connectivity index (χ1v) is 7.20. The molecule has 0 aromatic heterocycles. The fourth-order valence-electron chi connectivity index (χ4n) is 2.94. The minimum atomic E-state index is -1.38. The number of nitriles is 1. The summed E-state index contributed by atoms with van der Waals surface area (Å²) in [4.78, 5) is 25.7. The lowest BCUT2D eigenvalue weighted by Crippen LogP contribution is -2.33. The van der Waals surface area contributed by atoms with Crippen molar-refractivity contribution in [1.82, 2.24) is 0 Å². The third-order valence-electron chi connectivity index (χ3n) is 4.02. The summed E-state index contributed by atoms with van der Waals surface area (Å²) in [5.41, 5.74) is 2.22. The zero-order valence-electron chi connectivity index (χ0n) is 12.2. The van der Waals surface area contributed by atoms with Gasteiger partial charge in [0.1, 0.15) is 0 Å². The molecule has 0 fully saturated rings. The van der Waals surface area contributed by atoms with Crippen LogP contribution in [0.2, 0.25) is 0 Å². The molecule has 0 saturated heterocycles. The summed E-state index contributed by atoms with van der Waals surface area (Å²) in [6.07, 6.45) is 0. The second kappa shape index (κ2) is 5.93. The first kappa shape index (κ1) is 14.8. The smallest absolute Gasteiger partial charge is 0.322 e. The number of benzene rings is 2. The average Bonchev–Trinajstić information content (AvgIpc) is 2.83. The van der Waals surface area contributed by atoms with Crippen molar-refractivity contribution in [2.24, 2.45) is 5.92 Å². The van der Waals surface area contributed by atoms with Crippen molar-refractivity contribution in [2.45, 2.75) is 12.5 Å². The van der Waals surface area contributed by atoms with Gasteiger partial charge in [0.05, 0.1) is 18.5 Å². The number of para-hydroxylation sites is 1. The molecule has 1 amide bonds. The van der Waals surface area contributed by atoms with Crippen LogP contribution in [0.15, 0.2) is 54.6 Å². The Bertz CT molecular complexity index is 795. The highest BCUT2D eigenvalue weighted by atomic mass is 16.4. The van der Waals surface area contributed by atoms with E-state index in [0.717, 1.165) is 5.56 Å². The molecule has 23 heavy (non-hydrogen) atoms. The summed E-state index contributed by atoms with van der Waals surface area (Å²) in [5.74, 6) is -3.96. The number of carbonyl (C=O) groups excluding carboxylic acids is 1. The van der Waals surface area contributed by atoms with E-state index in [0.29, 0.717) is 17.8 Å². The fraction of sp³-hybridized carbons (Fsp3) is 0.167. The Morgan fingerprint density at radius 2 is 1.83 bits per heavy atom. The SMILES string of the molecule is N#CC(C(=O)O)C1C(=O)N(Cc2ccccc2)c2ccccc21. The van der Waals surface area contributed by atoms with Gasteiger partial charge in [-0.25, -0.2) is 0 Å². The first-order valence-electron chi connectivity index (χ1n) is 7.20. The molecule has 3 rings (SSSR count). The normalized spacial score (nSPS) is 17.4. The summed E-state index contributed by atoms with van der Waals surface area (Å²) >= 11 is 0. The second-order valence-corrected chi connectivity index (χ2v) is 5.39. The monoisotopic (exact) mass is 306 g/mol. The van der Waals surface area contributed by atoms with Crippen molar-refractivity contribution in [3.8, 4) is 6.07 Å². The third kappa shape index (κ3) is 2.55. The molecular weight excluding hydrogens is 292 g/mol. The van der Waals surface area contributed by atoms with Crippen molar-refractivity contribution in [3.63, 3.8) is 0 Å². The maximum absolute atomic E-state index is 12.8. The molecule has 5 heteroatoms. The van der Waals surface area contributed by atoms with Crippen molar-refractivity contribution in [3.05, 3.63) is 65.7 Å². The van der Waals surface area contributed by atoms with E-state index in [9.17, 15) is 20.0 Å². The van der Waals surface area contributed by atoms with Crippen molar-refractivity contribution in [2.75, 3.05) is 4.90 Å². The molecule has 1 heterocycles. The van der Waals surface area contributed by atoms with Crippen LogP contribution < -0.4 is 4.90 Å². The van der Waals surface area contributed by atoms with E-state index in [-0.39, 0.29) is 5.91 Å². The number of anilines is 1. The van der Waals surface area contributed by atoms with Crippen LogP contribution in [-0.2, 0) is 16.1 Å². The predicted molar refractivity (Wildman–Crippen MR) is 83.6 cm³/mol. The molecule has 5 nitrogen and oxygen atoms in total. The van der Waals surface area contributed by atoms with Gasteiger partial charge in [-0.15, -0.1) is 0 Å². The molecule has 0 spiro atoms. The molecule has 1 aliphatic heterocycles. The Morgan fingerprint density at radius 1 is 1.17 bits per heavy atom. The zero-order valence-corrected chi connectivity index (χ0v) is 12.2. The van der Waals surface area contributed by atoms with E-state index in [1.165, 1.54) is 0 Å². The Hall–Kier alpha value is -3.13. The second-order valence-electron chi connectivity index (χ2n) is 5.39.